The molecule has 0 aliphatic carbocycles. The van der Waals surface area contributed by atoms with Gasteiger partial charge in [0.05, 0.1) is 26.9 Å². The number of aliphatic hydroxyl groups excluding tert-OH is 1. The van der Waals surface area contributed by atoms with Crippen LogP contribution in [-0.2, 0) is 0 Å². The second-order valence-corrected chi connectivity index (χ2v) is 3.84. The number of ether oxygens (including phenoxy) is 2. The molecule has 0 saturated heterocycles. The molecule has 0 amide bonds. The molecule has 1 aromatic carbocycles. The van der Waals surface area contributed by atoms with Crippen molar-refractivity contribution in [2.24, 2.45) is 5.73 Å². The summed E-state index contributed by atoms with van der Waals surface area (Å²) in [6, 6.07) is 3.09. The fraction of sp³-hybridized carbons (Fsp3) is 0.400. The van der Waals surface area contributed by atoms with Gasteiger partial charge in [-0.25, -0.2) is 0 Å². The van der Waals surface area contributed by atoms with Crippen LogP contribution in [-0.4, -0.2) is 25.9 Å². The summed E-state index contributed by atoms with van der Waals surface area (Å²) in [7, 11) is 3.10. The Kier molecular flexibility index (Phi) is 4.38. The van der Waals surface area contributed by atoms with Crippen LogP contribution in [0.1, 0.15) is 11.6 Å². The molecule has 1 aromatic rings. The Morgan fingerprint density at radius 2 is 2.07 bits per heavy atom. The summed E-state index contributed by atoms with van der Waals surface area (Å²) < 4.78 is 11.2. The lowest BCUT2D eigenvalue weighted by Crippen LogP contribution is -2.16. The molecule has 0 bridgehead atoms. The van der Waals surface area contributed by atoms with Crippen LogP contribution in [0.5, 0.6) is 11.5 Å². The summed E-state index contributed by atoms with van der Waals surface area (Å²) in [5.74, 6) is 1.15. The topological polar surface area (TPSA) is 64.7 Å². The SMILES string of the molecule is COc1ccc(Br)c([C@@H](N)CO)c1OC. The molecule has 1 atom stereocenters. The molecular weight excluding hydrogens is 262 g/mol. The maximum absolute atomic E-state index is 9.05. The summed E-state index contributed by atoms with van der Waals surface area (Å²) in [4.78, 5) is 0. The van der Waals surface area contributed by atoms with Gasteiger partial charge in [-0.2, -0.15) is 0 Å². The van der Waals surface area contributed by atoms with Gasteiger partial charge in [0.25, 0.3) is 0 Å². The molecule has 0 fully saturated rings. The van der Waals surface area contributed by atoms with Crippen molar-refractivity contribution in [3.63, 3.8) is 0 Å². The highest BCUT2D eigenvalue weighted by Crippen LogP contribution is 2.38. The van der Waals surface area contributed by atoms with Crippen LogP contribution in [0.2, 0.25) is 0 Å². The molecule has 15 heavy (non-hydrogen) atoms. The predicted octanol–water partition coefficient (Wildman–Crippen LogP) is 1.46. The standard InChI is InChI=1S/C10H14BrNO3/c1-14-8-4-3-6(11)9(7(12)5-13)10(8)15-2/h3-4,7,13H,5,12H2,1-2H3/t7-/m0/s1. The van der Waals surface area contributed by atoms with Gasteiger partial charge < -0.3 is 20.3 Å². The molecule has 84 valence electrons. The van der Waals surface area contributed by atoms with Gasteiger partial charge in [-0.15, -0.1) is 0 Å². The Labute approximate surface area is 97.1 Å². The third kappa shape index (κ3) is 2.42. The number of halogens is 1. The first-order valence-electron chi connectivity index (χ1n) is 4.42. The van der Waals surface area contributed by atoms with Crippen molar-refractivity contribution >= 4 is 15.9 Å². The van der Waals surface area contributed by atoms with E-state index in [2.05, 4.69) is 15.9 Å². The van der Waals surface area contributed by atoms with E-state index >= 15 is 0 Å². The molecule has 3 N–H and O–H groups in total. The quantitative estimate of drug-likeness (QED) is 0.873. The first-order valence-corrected chi connectivity index (χ1v) is 5.21. The highest BCUT2D eigenvalue weighted by atomic mass is 79.9. The Morgan fingerprint density at radius 3 is 2.53 bits per heavy atom. The molecule has 0 spiro atoms. The van der Waals surface area contributed by atoms with Crippen LogP contribution in [0.4, 0.5) is 0 Å². The molecule has 4 nitrogen and oxygen atoms in total. The van der Waals surface area contributed by atoms with Crippen molar-refractivity contribution in [1.82, 2.24) is 0 Å². The van der Waals surface area contributed by atoms with E-state index < -0.39 is 6.04 Å². The first kappa shape index (κ1) is 12.3. The second kappa shape index (κ2) is 5.34. The number of rotatable bonds is 4. The van der Waals surface area contributed by atoms with Gasteiger partial charge in [0.2, 0.25) is 0 Å². The average molecular weight is 276 g/mol. The largest absolute Gasteiger partial charge is 0.493 e. The summed E-state index contributed by atoms with van der Waals surface area (Å²) in [6.07, 6.45) is 0. The lowest BCUT2D eigenvalue weighted by atomic mass is 10.1. The van der Waals surface area contributed by atoms with E-state index in [1.165, 1.54) is 7.11 Å². The van der Waals surface area contributed by atoms with Crippen molar-refractivity contribution in [1.29, 1.82) is 0 Å². The van der Waals surface area contributed by atoms with E-state index in [1.807, 2.05) is 6.07 Å². The number of methoxy groups -OCH3 is 2. The Balaban J connectivity index is 3.31. The molecule has 0 saturated carbocycles. The minimum Gasteiger partial charge on any atom is -0.493 e. The highest BCUT2D eigenvalue weighted by Gasteiger charge is 2.18. The molecular formula is C10H14BrNO3. The average Bonchev–Trinajstić information content (AvgIpc) is 2.27. The first-order chi connectivity index (χ1) is 7.15. The smallest absolute Gasteiger partial charge is 0.166 e. The summed E-state index contributed by atoms with van der Waals surface area (Å²) >= 11 is 3.37. The van der Waals surface area contributed by atoms with E-state index in [0.29, 0.717) is 17.1 Å². The molecule has 1 rings (SSSR count). The zero-order chi connectivity index (χ0) is 11.4. The number of aliphatic hydroxyl groups is 1. The molecule has 0 aliphatic heterocycles. The van der Waals surface area contributed by atoms with Crippen LogP contribution >= 0.6 is 15.9 Å². The van der Waals surface area contributed by atoms with Gasteiger partial charge in [-0.3, -0.25) is 0 Å². The zero-order valence-electron chi connectivity index (χ0n) is 8.66. The fourth-order valence-corrected chi connectivity index (χ4v) is 1.97. The molecule has 0 aliphatic rings. The predicted molar refractivity (Wildman–Crippen MR) is 61.3 cm³/mol. The van der Waals surface area contributed by atoms with E-state index in [1.54, 1.807) is 13.2 Å². The van der Waals surface area contributed by atoms with Crippen LogP contribution in [0.15, 0.2) is 16.6 Å². The Hall–Kier alpha value is -0.780. The van der Waals surface area contributed by atoms with E-state index in [0.717, 1.165) is 4.47 Å². The van der Waals surface area contributed by atoms with E-state index in [4.69, 9.17) is 20.3 Å². The van der Waals surface area contributed by atoms with Gasteiger partial charge in [0.15, 0.2) is 11.5 Å². The number of hydrogen-bond acceptors (Lipinski definition) is 4. The third-order valence-corrected chi connectivity index (χ3v) is 2.79. The zero-order valence-corrected chi connectivity index (χ0v) is 10.2. The maximum Gasteiger partial charge on any atom is 0.166 e. The van der Waals surface area contributed by atoms with Gasteiger partial charge in [0, 0.05) is 10.0 Å². The summed E-state index contributed by atoms with van der Waals surface area (Å²) in [5.41, 5.74) is 6.49. The normalized spacial score (nSPS) is 12.3. The number of nitrogens with two attached hydrogens (primary N) is 1. The maximum atomic E-state index is 9.05. The molecule has 0 radical (unpaired) electrons. The minimum absolute atomic E-state index is 0.151. The van der Waals surface area contributed by atoms with Crippen LogP contribution < -0.4 is 15.2 Å². The minimum atomic E-state index is -0.496. The summed E-state index contributed by atoms with van der Waals surface area (Å²) in [6.45, 7) is -0.151. The molecule has 0 aromatic heterocycles. The van der Waals surface area contributed by atoms with E-state index in [9.17, 15) is 0 Å². The van der Waals surface area contributed by atoms with Gasteiger partial charge in [-0.1, -0.05) is 15.9 Å². The van der Waals surface area contributed by atoms with Gasteiger partial charge in [0.1, 0.15) is 0 Å². The van der Waals surface area contributed by atoms with Gasteiger partial charge in [-0.05, 0) is 12.1 Å². The molecule has 0 heterocycles. The van der Waals surface area contributed by atoms with Crippen molar-refractivity contribution in [2.45, 2.75) is 6.04 Å². The van der Waals surface area contributed by atoms with Gasteiger partial charge >= 0.3 is 0 Å². The lowest BCUT2D eigenvalue weighted by Gasteiger charge is -2.17. The van der Waals surface area contributed by atoms with Crippen molar-refractivity contribution in [3.05, 3.63) is 22.2 Å². The third-order valence-electron chi connectivity index (χ3n) is 2.10. The van der Waals surface area contributed by atoms with Crippen LogP contribution in [0.3, 0.4) is 0 Å². The second-order valence-electron chi connectivity index (χ2n) is 2.99. The lowest BCUT2D eigenvalue weighted by molar-refractivity contribution is 0.262. The summed E-state index contributed by atoms with van der Waals surface area (Å²) in [5, 5.41) is 9.05. The van der Waals surface area contributed by atoms with Crippen molar-refractivity contribution in [2.75, 3.05) is 20.8 Å². The van der Waals surface area contributed by atoms with Crippen molar-refractivity contribution in [3.8, 4) is 11.5 Å². The van der Waals surface area contributed by atoms with Crippen molar-refractivity contribution < 1.29 is 14.6 Å². The molecule has 5 heteroatoms. The highest BCUT2D eigenvalue weighted by molar-refractivity contribution is 9.10. The molecule has 0 unspecified atom stereocenters. The fourth-order valence-electron chi connectivity index (χ4n) is 1.36. The van der Waals surface area contributed by atoms with Crippen LogP contribution in [0.25, 0.3) is 0 Å². The number of hydrogen-bond donors (Lipinski definition) is 2. The Morgan fingerprint density at radius 1 is 1.40 bits per heavy atom. The number of benzene rings is 1. The Bertz CT molecular complexity index is 344. The van der Waals surface area contributed by atoms with Crippen LogP contribution in [0, 0.1) is 0 Å². The monoisotopic (exact) mass is 275 g/mol. The van der Waals surface area contributed by atoms with E-state index in [-0.39, 0.29) is 6.61 Å².